The Morgan fingerprint density at radius 1 is 1.13 bits per heavy atom. The SMILES string of the molecule is O=CC(Cc1cccs1)c1ccccc1. The maximum absolute atomic E-state index is 11.0. The van der Waals surface area contributed by atoms with E-state index in [1.807, 2.05) is 41.8 Å². The smallest absolute Gasteiger partial charge is 0.127 e. The number of thiophene rings is 1. The van der Waals surface area contributed by atoms with E-state index >= 15 is 0 Å². The largest absolute Gasteiger partial charge is 0.303 e. The zero-order valence-corrected chi connectivity index (χ0v) is 9.11. The molecule has 0 spiro atoms. The molecule has 0 aliphatic heterocycles. The molecule has 0 fully saturated rings. The van der Waals surface area contributed by atoms with Gasteiger partial charge in [-0.1, -0.05) is 36.4 Å². The van der Waals surface area contributed by atoms with Crippen LogP contribution >= 0.6 is 11.3 Å². The predicted molar refractivity (Wildman–Crippen MR) is 63.3 cm³/mol. The monoisotopic (exact) mass is 216 g/mol. The fraction of sp³-hybridized carbons (Fsp3) is 0.154. The second-order valence-electron chi connectivity index (χ2n) is 3.44. The third kappa shape index (κ3) is 2.54. The highest BCUT2D eigenvalue weighted by atomic mass is 32.1. The Bertz CT molecular complexity index is 405. The van der Waals surface area contributed by atoms with Crippen molar-refractivity contribution in [3.8, 4) is 0 Å². The van der Waals surface area contributed by atoms with Gasteiger partial charge in [0.15, 0.2) is 0 Å². The van der Waals surface area contributed by atoms with Gasteiger partial charge >= 0.3 is 0 Å². The van der Waals surface area contributed by atoms with E-state index in [0.29, 0.717) is 0 Å². The topological polar surface area (TPSA) is 17.1 Å². The zero-order valence-electron chi connectivity index (χ0n) is 8.30. The number of benzene rings is 1. The summed E-state index contributed by atoms with van der Waals surface area (Å²) >= 11 is 1.70. The summed E-state index contributed by atoms with van der Waals surface area (Å²) in [5, 5.41) is 2.04. The van der Waals surface area contributed by atoms with Gasteiger partial charge in [0.25, 0.3) is 0 Å². The van der Waals surface area contributed by atoms with Gasteiger partial charge in [-0.25, -0.2) is 0 Å². The van der Waals surface area contributed by atoms with Gasteiger partial charge in [-0.05, 0) is 23.4 Å². The Morgan fingerprint density at radius 3 is 2.53 bits per heavy atom. The first-order chi connectivity index (χ1) is 7.40. The fourth-order valence-electron chi connectivity index (χ4n) is 1.59. The highest BCUT2D eigenvalue weighted by molar-refractivity contribution is 7.09. The summed E-state index contributed by atoms with van der Waals surface area (Å²) in [7, 11) is 0. The molecule has 15 heavy (non-hydrogen) atoms. The third-order valence-corrected chi connectivity index (χ3v) is 3.29. The molecule has 2 heteroatoms. The number of hydrogen-bond acceptors (Lipinski definition) is 2. The molecule has 0 saturated heterocycles. The van der Waals surface area contributed by atoms with E-state index in [0.717, 1.165) is 18.3 Å². The highest BCUT2D eigenvalue weighted by Crippen LogP contribution is 2.21. The van der Waals surface area contributed by atoms with Crippen molar-refractivity contribution in [3.05, 3.63) is 58.3 Å². The van der Waals surface area contributed by atoms with Crippen LogP contribution in [0.5, 0.6) is 0 Å². The number of carbonyl (C=O) groups excluding carboxylic acids is 1. The average molecular weight is 216 g/mol. The van der Waals surface area contributed by atoms with Crippen molar-refractivity contribution in [2.75, 3.05) is 0 Å². The molecule has 1 aromatic carbocycles. The highest BCUT2D eigenvalue weighted by Gasteiger charge is 2.10. The van der Waals surface area contributed by atoms with E-state index in [-0.39, 0.29) is 5.92 Å². The van der Waals surface area contributed by atoms with Crippen LogP contribution in [0, 0.1) is 0 Å². The van der Waals surface area contributed by atoms with E-state index < -0.39 is 0 Å². The van der Waals surface area contributed by atoms with Gasteiger partial charge in [0.05, 0.1) is 0 Å². The Hall–Kier alpha value is -1.41. The van der Waals surface area contributed by atoms with Crippen LogP contribution < -0.4 is 0 Å². The Morgan fingerprint density at radius 2 is 1.93 bits per heavy atom. The molecule has 0 amide bonds. The maximum Gasteiger partial charge on any atom is 0.127 e. The molecule has 0 aliphatic carbocycles. The normalized spacial score (nSPS) is 12.3. The Labute approximate surface area is 93.4 Å². The fourth-order valence-corrected chi connectivity index (χ4v) is 2.36. The van der Waals surface area contributed by atoms with Crippen LogP contribution in [-0.2, 0) is 11.2 Å². The molecular weight excluding hydrogens is 204 g/mol. The maximum atomic E-state index is 11.0. The lowest BCUT2D eigenvalue weighted by molar-refractivity contribution is -0.109. The van der Waals surface area contributed by atoms with Crippen LogP contribution in [0.2, 0.25) is 0 Å². The van der Waals surface area contributed by atoms with Crippen molar-refractivity contribution < 1.29 is 4.79 Å². The van der Waals surface area contributed by atoms with Crippen LogP contribution in [0.25, 0.3) is 0 Å². The first-order valence-corrected chi connectivity index (χ1v) is 5.81. The summed E-state index contributed by atoms with van der Waals surface area (Å²) in [4.78, 5) is 12.3. The van der Waals surface area contributed by atoms with Crippen molar-refractivity contribution in [2.45, 2.75) is 12.3 Å². The van der Waals surface area contributed by atoms with E-state index in [4.69, 9.17) is 0 Å². The number of aldehydes is 1. The van der Waals surface area contributed by atoms with E-state index in [1.54, 1.807) is 11.3 Å². The van der Waals surface area contributed by atoms with Crippen LogP contribution in [0.3, 0.4) is 0 Å². The molecule has 0 radical (unpaired) electrons. The van der Waals surface area contributed by atoms with Gasteiger partial charge in [-0.15, -0.1) is 11.3 Å². The number of rotatable bonds is 4. The first-order valence-electron chi connectivity index (χ1n) is 4.93. The zero-order chi connectivity index (χ0) is 10.5. The van der Waals surface area contributed by atoms with Crippen molar-refractivity contribution in [1.29, 1.82) is 0 Å². The minimum absolute atomic E-state index is 0.00940. The molecule has 2 aromatic rings. The molecule has 1 heterocycles. The molecule has 1 atom stereocenters. The van der Waals surface area contributed by atoms with Gasteiger partial charge in [0, 0.05) is 10.8 Å². The average Bonchev–Trinajstić information content (AvgIpc) is 2.80. The number of hydrogen-bond donors (Lipinski definition) is 0. The van der Waals surface area contributed by atoms with Crippen LogP contribution in [0.1, 0.15) is 16.4 Å². The number of carbonyl (C=O) groups is 1. The van der Waals surface area contributed by atoms with Gasteiger partial charge in [-0.2, -0.15) is 0 Å². The van der Waals surface area contributed by atoms with Gasteiger partial charge in [0.2, 0.25) is 0 Å². The summed E-state index contributed by atoms with van der Waals surface area (Å²) in [6, 6.07) is 14.0. The van der Waals surface area contributed by atoms with E-state index in [2.05, 4.69) is 6.07 Å². The molecule has 2 rings (SSSR count). The third-order valence-electron chi connectivity index (χ3n) is 2.39. The molecular formula is C13H12OS. The summed E-state index contributed by atoms with van der Waals surface area (Å²) in [6.45, 7) is 0. The van der Waals surface area contributed by atoms with Gasteiger partial charge in [0.1, 0.15) is 6.29 Å². The van der Waals surface area contributed by atoms with Crippen LogP contribution in [0.4, 0.5) is 0 Å². The predicted octanol–water partition coefficient (Wildman–Crippen LogP) is 3.27. The Kier molecular flexibility index (Phi) is 3.30. The minimum Gasteiger partial charge on any atom is -0.303 e. The lowest BCUT2D eigenvalue weighted by Gasteiger charge is -2.08. The first kappa shape index (κ1) is 10.1. The second kappa shape index (κ2) is 4.89. The van der Waals surface area contributed by atoms with Gasteiger partial charge in [-0.3, -0.25) is 0 Å². The molecule has 0 N–H and O–H groups in total. The standard InChI is InChI=1S/C13H12OS/c14-10-12(9-13-7-4-8-15-13)11-5-2-1-3-6-11/h1-8,10,12H,9H2. The molecule has 0 bridgehead atoms. The lowest BCUT2D eigenvalue weighted by Crippen LogP contribution is -2.02. The van der Waals surface area contributed by atoms with E-state index in [9.17, 15) is 4.79 Å². The Balaban J connectivity index is 2.15. The van der Waals surface area contributed by atoms with Crippen molar-refractivity contribution in [1.82, 2.24) is 0 Å². The minimum atomic E-state index is -0.00940. The summed E-state index contributed by atoms with van der Waals surface area (Å²) in [5.41, 5.74) is 1.10. The van der Waals surface area contributed by atoms with Gasteiger partial charge < -0.3 is 4.79 Å². The van der Waals surface area contributed by atoms with E-state index in [1.165, 1.54) is 4.88 Å². The second-order valence-corrected chi connectivity index (χ2v) is 4.47. The van der Waals surface area contributed by atoms with Crippen molar-refractivity contribution >= 4 is 17.6 Å². The van der Waals surface area contributed by atoms with Crippen LogP contribution in [0.15, 0.2) is 47.8 Å². The lowest BCUT2D eigenvalue weighted by atomic mass is 9.97. The molecule has 0 aliphatic rings. The molecule has 1 aromatic heterocycles. The summed E-state index contributed by atoms with van der Waals surface area (Å²) in [6.07, 6.45) is 1.85. The summed E-state index contributed by atoms with van der Waals surface area (Å²) < 4.78 is 0. The molecule has 76 valence electrons. The van der Waals surface area contributed by atoms with Crippen molar-refractivity contribution in [2.24, 2.45) is 0 Å². The quantitative estimate of drug-likeness (QED) is 0.717. The summed E-state index contributed by atoms with van der Waals surface area (Å²) in [5.74, 6) is -0.00940. The molecule has 1 unspecified atom stereocenters. The van der Waals surface area contributed by atoms with Crippen LogP contribution in [-0.4, -0.2) is 6.29 Å². The van der Waals surface area contributed by atoms with Crippen molar-refractivity contribution in [3.63, 3.8) is 0 Å². The molecule has 1 nitrogen and oxygen atoms in total. The molecule has 0 saturated carbocycles.